The third kappa shape index (κ3) is 3.83. The summed E-state index contributed by atoms with van der Waals surface area (Å²) >= 11 is 0. The summed E-state index contributed by atoms with van der Waals surface area (Å²) in [6.45, 7) is 9.03. The Morgan fingerprint density at radius 1 is 1.15 bits per heavy atom. The van der Waals surface area contributed by atoms with Gasteiger partial charge in [-0.1, -0.05) is 45.0 Å². The van der Waals surface area contributed by atoms with E-state index in [0.29, 0.717) is 18.2 Å². The summed E-state index contributed by atoms with van der Waals surface area (Å²) < 4.78 is 5.44. The van der Waals surface area contributed by atoms with Gasteiger partial charge in [-0.3, -0.25) is 0 Å². The molecular formula is C18H29NO. The summed E-state index contributed by atoms with van der Waals surface area (Å²) in [7, 11) is 1.82. The van der Waals surface area contributed by atoms with Crippen LogP contribution in [-0.4, -0.2) is 19.3 Å². The van der Waals surface area contributed by atoms with Crippen LogP contribution in [0.4, 0.5) is 0 Å². The van der Waals surface area contributed by atoms with Crippen LogP contribution in [-0.2, 0) is 10.2 Å². The van der Waals surface area contributed by atoms with Crippen LogP contribution in [0.2, 0.25) is 0 Å². The normalized spacial score (nSPS) is 24.9. The Kier molecular flexibility index (Phi) is 4.87. The van der Waals surface area contributed by atoms with Crippen molar-refractivity contribution in [3.05, 3.63) is 35.4 Å². The lowest BCUT2D eigenvalue weighted by atomic mass is 9.86. The lowest BCUT2D eigenvalue weighted by Crippen LogP contribution is -2.30. The Morgan fingerprint density at radius 3 is 2.30 bits per heavy atom. The van der Waals surface area contributed by atoms with Gasteiger partial charge in [0, 0.05) is 19.2 Å². The molecule has 1 fully saturated rings. The summed E-state index contributed by atoms with van der Waals surface area (Å²) in [6, 6.07) is 10.1. The fourth-order valence-electron chi connectivity index (χ4n) is 3.03. The van der Waals surface area contributed by atoms with Gasteiger partial charge < -0.3 is 10.1 Å². The smallest absolute Gasteiger partial charge is 0.0586 e. The highest BCUT2D eigenvalue weighted by atomic mass is 16.5. The van der Waals surface area contributed by atoms with Crippen molar-refractivity contribution in [3.63, 3.8) is 0 Å². The molecule has 3 atom stereocenters. The maximum Gasteiger partial charge on any atom is 0.0586 e. The first kappa shape index (κ1) is 15.5. The highest BCUT2D eigenvalue weighted by Gasteiger charge is 2.25. The van der Waals surface area contributed by atoms with Gasteiger partial charge in [0.2, 0.25) is 0 Å². The molecule has 0 heterocycles. The van der Waals surface area contributed by atoms with Gasteiger partial charge in [0.15, 0.2) is 0 Å². The summed E-state index contributed by atoms with van der Waals surface area (Å²) in [5.41, 5.74) is 3.00. The summed E-state index contributed by atoms with van der Waals surface area (Å²) in [5, 5.41) is 3.74. The second kappa shape index (κ2) is 6.28. The van der Waals surface area contributed by atoms with Crippen molar-refractivity contribution in [1.82, 2.24) is 5.32 Å². The van der Waals surface area contributed by atoms with Crippen LogP contribution in [0.3, 0.4) is 0 Å². The Bertz CT molecular complexity index is 418. The van der Waals surface area contributed by atoms with E-state index in [1.165, 1.54) is 24.0 Å². The number of benzene rings is 1. The summed E-state index contributed by atoms with van der Waals surface area (Å²) in [5.74, 6) is 0. The van der Waals surface area contributed by atoms with E-state index in [9.17, 15) is 0 Å². The predicted molar refractivity (Wildman–Crippen MR) is 85.1 cm³/mol. The molecule has 1 N–H and O–H groups in total. The van der Waals surface area contributed by atoms with Crippen LogP contribution in [0.5, 0.6) is 0 Å². The van der Waals surface area contributed by atoms with Crippen LogP contribution in [0, 0.1) is 0 Å². The monoisotopic (exact) mass is 275 g/mol. The van der Waals surface area contributed by atoms with Crippen molar-refractivity contribution < 1.29 is 4.74 Å². The Labute approximate surface area is 123 Å². The molecule has 0 saturated heterocycles. The molecular weight excluding hydrogens is 246 g/mol. The second-order valence-electron chi connectivity index (χ2n) is 7.13. The van der Waals surface area contributed by atoms with Crippen molar-refractivity contribution in [2.24, 2.45) is 0 Å². The molecule has 0 aromatic heterocycles. The molecule has 0 aliphatic heterocycles. The molecule has 20 heavy (non-hydrogen) atoms. The molecule has 1 saturated carbocycles. The quantitative estimate of drug-likeness (QED) is 0.889. The lowest BCUT2D eigenvalue weighted by molar-refractivity contribution is 0.106. The minimum Gasteiger partial charge on any atom is -0.381 e. The van der Waals surface area contributed by atoms with E-state index < -0.39 is 0 Å². The molecule has 0 amide bonds. The molecule has 1 aliphatic carbocycles. The van der Waals surface area contributed by atoms with Crippen molar-refractivity contribution in [2.75, 3.05) is 7.11 Å². The number of methoxy groups -OCH3 is 1. The Hall–Kier alpha value is -0.860. The van der Waals surface area contributed by atoms with Crippen LogP contribution in [0.15, 0.2) is 24.3 Å². The van der Waals surface area contributed by atoms with Gasteiger partial charge in [-0.25, -0.2) is 0 Å². The molecule has 0 bridgehead atoms. The number of nitrogens with one attached hydrogen (secondary N) is 1. The molecule has 1 aliphatic rings. The first-order chi connectivity index (χ1) is 9.40. The zero-order chi connectivity index (χ0) is 14.8. The molecule has 2 rings (SSSR count). The number of rotatable bonds is 4. The minimum absolute atomic E-state index is 0.229. The first-order valence-electron chi connectivity index (χ1n) is 7.79. The topological polar surface area (TPSA) is 21.3 Å². The molecule has 1 aromatic carbocycles. The zero-order valence-corrected chi connectivity index (χ0v) is 13.6. The van der Waals surface area contributed by atoms with Gasteiger partial charge in [0.25, 0.3) is 0 Å². The van der Waals surface area contributed by atoms with E-state index in [4.69, 9.17) is 4.74 Å². The van der Waals surface area contributed by atoms with Gasteiger partial charge in [-0.05, 0) is 42.7 Å². The standard InChI is InChI=1S/C18H29NO/c1-13(19-16-10-11-17(12-16)20-5)14-6-8-15(9-7-14)18(2,3)4/h6-9,13,16-17,19H,10-12H2,1-5H3. The lowest BCUT2D eigenvalue weighted by Gasteiger charge is -2.22. The fourth-order valence-corrected chi connectivity index (χ4v) is 3.03. The van der Waals surface area contributed by atoms with Crippen molar-refractivity contribution >= 4 is 0 Å². The maximum atomic E-state index is 5.44. The Morgan fingerprint density at radius 2 is 1.80 bits per heavy atom. The van der Waals surface area contributed by atoms with Crippen LogP contribution >= 0.6 is 0 Å². The van der Waals surface area contributed by atoms with Gasteiger partial charge in [0.1, 0.15) is 0 Å². The molecule has 0 spiro atoms. The zero-order valence-electron chi connectivity index (χ0n) is 13.6. The fraction of sp³-hybridized carbons (Fsp3) is 0.667. The highest BCUT2D eigenvalue weighted by Crippen LogP contribution is 2.26. The minimum atomic E-state index is 0.229. The van der Waals surface area contributed by atoms with E-state index in [2.05, 4.69) is 57.3 Å². The van der Waals surface area contributed by atoms with Crippen molar-refractivity contribution in [3.8, 4) is 0 Å². The average Bonchev–Trinajstić information content (AvgIpc) is 2.85. The molecule has 2 heteroatoms. The molecule has 3 unspecified atom stereocenters. The van der Waals surface area contributed by atoms with E-state index >= 15 is 0 Å². The third-order valence-corrected chi connectivity index (χ3v) is 4.48. The molecule has 0 radical (unpaired) electrons. The number of ether oxygens (including phenoxy) is 1. The van der Waals surface area contributed by atoms with E-state index in [0.717, 1.165) is 6.42 Å². The number of hydrogen-bond donors (Lipinski definition) is 1. The van der Waals surface area contributed by atoms with Gasteiger partial charge >= 0.3 is 0 Å². The van der Waals surface area contributed by atoms with Gasteiger partial charge in [-0.2, -0.15) is 0 Å². The first-order valence-corrected chi connectivity index (χ1v) is 7.79. The Balaban J connectivity index is 1.94. The SMILES string of the molecule is COC1CCC(NC(C)c2ccc(C(C)(C)C)cc2)C1. The van der Waals surface area contributed by atoms with E-state index in [1.807, 2.05) is 7.11 Å². The maximum absolute atomic E-state index is 5.44. The van der Waals surface area contributed by atoms with Gasteiger partial charge in [-0.15, -0.1) is 0 Å². The summed E-state index contributed by atoms with van der Waals surface area (Å²) in [4.78, 5) is 0. The summed E-state index contributed by atoms with van der Waals surface area (Å²) in [6.07, 6.45) is 4.00. The third-order valence-electron chi connectivity index (χ3n) is 4.48. The van der Waals surface area contributed by atoms with E-state index in [-0.39, 0.29) is 5.41 Å². The molecule has 2 nitrogen and oxygen atoms in total. The van der Waals surface area contributed by atoms with Crippen molar-refractivity contribution in [1.29, 1.82) is 0 Å². The van der Waals surface area contributed by atoms with Crippen LogP contribution in [0.1, 0.15) is 64.1 Å². The molecule has 1 aromatic rings. The highest BCUT2D eigenvalue weighted by molar-refractivity contribution is 5.29. The molecule has 112 valence electrons. The van der Waals surface area contributed by atoms with Crippen LogP contribution < -0.4 is 5.32 Å². The van der Waals surface area contributed by atoms with Crippen molar-refractivity contribution in [2.45, 2.75) is 70.6 Å². The second-order valence-corrected chi connectivity index (χ2v) is 7.13. The van der Waals surface area contributed by atoms with Gasteiger partial charge in [0.05, 0.1) is 6.10 Å². The number of hydrogen-bond acceptors (Lipinski definition) is 2. The van der Waals surface area contributed by atoms with Crippen LogP contribution in [0.25, 0.3) is 0 Å². The average molecular weight is 275 g/mol. The predicted octanol–water partition coefficient (Wildman–Crippen LogP) is 4.20. The van der Waals surface area contributed by atoms with E-state index in [1.54, 1.807) is 0 Å². The largest absolute Gasteiger partial charge is 0.381 e.